The summed E-state index contributed by atoms with van der Waals surface area (Å²) in [5.74, 6) is 0.255. The number of nitrogens with one attached hydrogen (secondary N) is 1. The van der Waals surface area contributed by atoms with E-state index in [9.17, 15) is 4.79 Å². The van der Waals surface area contributed by atoms with Crippen LogP contribution >= 0.6 is 0 Å². The standard InChI is InChI=1S/C11H20N2O2/c1-11(4-2-3-5-12-11)10(14)13-6-8-15-9-7-13/h12H,2-9H2,1H3. The first-order valence-electron chi connectivity index (χ1n) is 5.84. The monoisotopic (exact) mass is 212 g/mol. The highest BCUT2D eigenvalue weighted by Gasteiger charge is 2.37. The number of hydrogen-bond donors (Lipinski definition) is 1. The normalized spacial score (nSPS) is 32.7. The van der Waals surface area contributed by atoms with Gasteiger partial charge in [-0.1, -0.05) is 0 Å². The molecule has 4 heteroatoms. The van der Waals surface area contributed by atoms with Gasteiger partial charge >= 0.3 is 0 Å². The Bertz CT molecular complexity index is 231. The van der Waals surface area contributed by atoms with Crippen molar-refractivity contribution >= 4 is 5.91 Å². The van der Waals surface area contributed by atoms with E-state index < -0.39 is 0 Å². The number of carbonyl (C=O) groups excluding carboxylic acids is 1. The molecule has 2 fully saturated rings. The Morgan fingerprint density at radius 3 is 2.67 bits per heavy atom. The first kappa shape index (κ1) is 10.9. The van der Waals surface area contributed by atoms with Crippen molar-refractivity contribution in [2.24, 2.45) is 0 Å². The van der Waals surface area contributed by atoms with Crippen LogP contribution in [-0.4, -0.2) is 49.2 Å². The third-order valence-corrected chi connectivity index (χ3v) is 3.39. The number of amides is 1. The summed E-state index contributed by atoms with van der Waals surface area (Å²) < 4.78 is 5.26. The zero-order valence-corrected chi connectivity index (χ0v) is 9.42. The molecule has 15 heavy (non-hydrogen) atoms. The van der Waals surface area contributed by atoms with Gasteiger partial charge in [0.25, 0.3) is 0 Å². The molecule has 1 atom stereocenters. The maximum absolute atomic E-state index is 12.3. The summed E-state index contributed by atoms with van der Waals surface area (Å²) in [7, 11) is 0. The van der Waals surface area contributed by atoms with Gasteiger partial charge in [-0.3, -0.25) is 4.79 Å². The van der Waals surface area contributed by atoms with E-state index in [2.05, 4.69) is 5.32 Å². The van der Waals surface area contributed by atoms with Crippen molar-refractivity contribution in [1.29, 1.82) is 0 Å². The van der Waals surface area contributed by atoms with Crippen molar-refractivity contribution in [2.75, 3.05) is 32.8 Å². The van der Waals surface area contributed by atoms with E-state index in [0.29, 0.717) is 13.2 Å². The van der Waals surface area contributed by atoms with Crippen LogP contribution in [0.1, 0.15) is 26.2 Å². The molecule has 0 aromatic heterocycles. The van der Waals surface area contributed by atoms with Crippen LogP contribution in [0.3, 0.4) is 0 Å². The molecule has 1 amide bonds. The summed E-state index contributed by atoms with van der Waals surface area (Å²) in [6.07, 6.45) is 3.30. The molecule has 2 saturated heterocycles. The highest BCUT2D eigenvalue weighted by atomic mass is 16.5. The predicted molar refractivity (Wildman–Crippen MR) is 57.7 cm³/mol. The van der Waals surface area contributed by atoms with Crippen LogP contribution in [0.5, 0.6) is 0 Å². The Hall–Kier alpha value is -0.610. The number of ether oxygens (including phenoxy) is 1. The van der Waals surface area contributed by atoms with E-state index in [0.717, 1.165) is 32.5 Å². The van der Waals surface area contributed by atoms with Crippen molar-refractivity contribution in [2.45, 2.75) is 31.7 Å². The van der Waals surface area contributed by atoms with E-state index in [4.69, 9.17) is 4.74 Å². The molecule has 0 radical (unpaired) electrons. The first-order valence-corrected chi connectivity index (χ1v) is 5.84. The number of morpholine rings is 1. The number of carbonyl (C=O) groups is 1. The maximum Gasteiger partial charge on any atom is 0.242 e. The number of hydrogen-bond acceptors (Lipinski definition) is 3. The average molecular weight is 212 g/mol. The fourth-order valence-corrected chi connectivity index (χ4v) is 2.35. The van der Waals surface area contributed by atoms with Gasteiger partial charge in [-0.05, 0) is 32.7 Å². The fourth-order valence-electron chi connectivity index (χ4n) is 2.35. The van der Waals surface area contributed by atoms with Gasteiger partial charge in [0, 0.05) is 13.1 Å². The smallest absolute Gasteiger partial charge is 0.242 e. The van der Waals surface area contributed by atoms with Gasteiger partial charge in [-0.2, -0.15) is 0 Å². The molecule has 86 valence electrons. The zero-order chi connectivity index (χ0) is 10.7. The molecule has 1 N–H and O–H groups in total. The molecule has 2 rings (SSSR count). The molecular formula is C11H20N2O2. The van der Waals surface area contributed by atoms with Crippen molar-refractivity contribution in [1.82, 2.24) is 10.2 Å². The second-order valence-electron chi connectivity index (χ2n) is 4.62. The summed E-state index contributed by atoms with van der Waals surface area (Å²) in [5, 5.41) is 3.36. The molecule has 0 aliphatic carbocycles. The van der Waals surface area contributed by atoms with Gasteiger partial charge in [0.2, 0.25) is 5.91 Å². The molecule has 4 nitrogen and oxygen atoms in total. The van der Waals surface area contributed by atoms with Crippen LogP contribution in [-0.2, 0) is 9.53 Å². The molecule has 2 aliphatic rings. The van der Waals surface area contributed by atoms with Gasteiger partial charge in [0.05, 0.1) is 18.8 Å². The van der Waals surface area contributed by atoms with Gasteiger partial charge in [-0.15, -0.1) is 0 Å². The fraction of sp³-hybridized carbons (Fsp3) is 0.909. The Morgan fingerprint density at radius 1 is 1.33 bits per heavy atom. The number of rotatable bonds is 1. The number of piperidine rings is 1. The van der Waals surface area contributed by atoms with Crippen LogP contribution < -0.4 is 5.32 Å². The summed E-state index contributed by atoms with van der Waals surface area (Å²) in [4.78, 5) is 14.2. The zero-order valence-electron chi connectivity index (χ0n) is 9.42. The summed E-state index contributed by atoms with van der Waals surface area (Å²) in [5.41, 5.74) is -0.324. The molecule has 1 unspecified atom stereocenters. The van der Waals surface area contributed by atoms with E-state index in [1.54, 1.807) is 0 Å². The van der Waals surface area contributed by atoms with Crippen molar-refractivity contribution < 1.29 is 9.53 Å². The van der Waals surface area contributed by atoms with Gasteiger partial charge in [-0.25, -0.2) is 0 Å². The van der Waals surface area contributed by atoms with Crippen LogP contribution in [0.2, 0.25) is 0 Å². The maximum atomic E-state index is 12.3. The van der Waals surface area contributed by atoms with E-state index in [-0.39, 0.29) is 11.4 Å². The molecule has 0 saturated carbocycles. The predicted octanol–water partition coefficient (Wildman–Crippen LogP) is 0.377. The molecule has 2 aliphatic heterocycles. The van der Waals surface area contributed by atoms with Crippen LogP contribution in [0.4, 0.5) is 0 Å². The molecule has 2 heterocycles. The van der Waals surface area contributed by atoms with Gasteiger partial charge in [0.1, 0.15) is 0 Å². The van der Waals surface area contributed by atoms with E-state index >= 15 is 0 Å². The third kappa shape index (κ3) is 2.32. The topological polar surface area (TPSA) is 41.6 Å². The molecule has 0 aromatic carbocycles. The van der Waals surface area contributed by atoms with Crippen molar-refractivity contribution in [3.8, 4) is 0 Å². The highest BCUT2D eigenvalue weighted by Crippen LogP contribution is 2.21. The Balaban J connectivity index is 1.98. The Labute approximate surface area is 91.0 Å². The third-order valence-electron chi connectivity index (χ3n) is 3.39. The average Bonchev–Trinajstić information content (AvgIpc) is 2.30. The van der Waals surface area contributed by atoms with Crippen LogP contribution in [0, 0.1) is 0 Å². The summed E-state index contributed by atoms with van der Waals surface area (Å²) >= 11 is 0. The largest absolute Gasteiger partial charge is 0.378 e. The lowest BCUT2D eigenvalue weighted by Gasteiger charge is -2.39. The second-order valence-corrected chi connectivity index (χ2v) is 4.62. The minimum absolute atomic E-state index is 0.255. The molecule has 0 spiro atoms. The SMILES string of the molecule is CC1(C(=O)N2CCOCC2)CCCCN1. The van der Waals surface area contributed by atoms with Crippen molar-refractivity contribution in [3.05, 3.63) is 0 Å². The first-order chi connectivity index (χ1) is 7.22. The van der Waals surface area contributed by atoms with Gasteiger partial charge < -0.3 is 15.0 Å². The lowest BCUT2D eigenvalue weighted by Crippen LogP contribution is -2.59. The summed E-state index contributed by atoms with van der Waals surface area (Å²) in [6, 6.07) is 0. The second kappa shape index (κ2) is 4.49. The van der Waals surface area contributed by atoms with Crippen LogP contribution in [0.25, 0.3) is 0 Å². The molecule has 0 bridgehead atoms. The van der Waals surface area contributed by atoms with Gasteiger partial charge in [0.15, 0.2) is 0 Å². The van der Waals surface area contributed by atoms with Crippen LogP contribution in [0.15, 0.2) is 0 Å². The van der Waals surface area contributed by atoms with E-state index in [1.807, 2.05) is 11.8 Å². The summed E-state index contributed by atoms with van der Waals surface area (Å²) in [6.45, 7) is 5.85. The van der Waals surface area contributed by atoms with Crippen molar-refractivity contribution in [3.63, 3.8) is 0 Å². The lowest BCUT2D eigenvalue weighted by atomic mass is 9.89. The lowest BCUT2D eigenvalue weighted by molar-refractivity contribution is -0.142. The molecular weight excluding hydrogens is 192 g/mol. The van der Waals surface area contributed by atoms with E-state index in [1.165, 1.54) is 6.42 Å². The quantitative estimate of drug-likeness (QED) is 0.683. The highest BCUT2D eigenvalue weighted by molar-refractivity contribution is 5.86. The minimum Gasteiger partial charge on any atom is -0.378 e. The number of nitrogens with zero attached hydrogens (tertiary/aromatic N) is 1. The Morgan fingerprint density at radius 2 is 2.07 bits per heavy atom. The molecule has 0 aromatic rings. The minimum atomic E-state index is -0.324. The Kier molecular flexibility index (Phi) is 3.26.